The van der Waals surface area contributed by atoms with Crippen molar-refractivity contribution in [2.75, 3.05) is 31.2 Å². The van der Waals surface area contributed by atoms with Crippen molar-refractivity contribution < 1.29 is 23.8 Å². The first-order chi connectivity index (χ1) is 13.6. The average Bonchev–Trinajstić information content (AvgIpc) is 2.71. The number of para-hydroxylation sites is 2. The smallest absolute Gasteiger partial charge is 0.265 e. The molecule has 0 fully saturated rings. The highest BCUT2D eigenvalue weighted by molar-refractivity contribution is 5.98. The first-order valence-electron chi connectivity index (χ1n) is 9.29. The van der Waals surface area contributed by atoms with E-state index in [4.69, 9.17) is 14.2 Å². The van der Waals surface area contributed by atoms with Crippen molar-refractivity contribution in [3.63, 3.8) is 0 Å². The molecule has 2 aromatic rings. The van der Waals surface area contributed by atoms with Crippen molar-refractivity contribution in [1.29, 1.82) is 0 Å². The van der Waals surface area contributed by atoms with E-state index in [2.05, 4.69) is 5.32 Å². The molecule has 1 N–H and O–H groups in total. The van der Waals surface area contributed by atoms with Crippen LogP contribution in [0.15, 0.2) is 42.5 Å². The van der Waals surface area contributed by atoms with Gasteiger partial charge in [-0.25, -0.2) is 0 Å². The van der Waals surface area contributed by atoms with Crippen LogP contribution in [0.4, 0.5) is 5.69 Å². The van der Waals surface area contributed by atoms with Crippen LogP contribution in [0.25, 0.3) is 0 Å². The number of hydrogen-bond acceptors (Lipinski definition) is 5. The quantitative estimate of drug-likeness (QED) is 0.857. The third-order valence-corrected chi connectivity index (χ3v) is 4.71. The maximum absolute atomic E-state index is 12.3. The Morgan fingerprint density at radius 2 is 1.96 bits per heavy atom. The Balaban J connectivity index is 1.30. The van der Waals surface area contributed by atoms with Crippen LogP contribution in [-0.2, 0) is 9.59 Å². The van der Waals surface area contributed by atoms with E-state index in [0.717, 1.165) is 5.56 Å². The third kappa shape index (κ3) is 3.88. The maximum Gasteiger partial charge on any atom is 0.265 e. The van der Waals surface area contributed by atoms with Crippen LogP contribution in [0, 0.1) is 6.92 Å². The van der Waals surface area contributed by atoms with Crippen LogP contribution in [0.5, 0.6) is 17.2 Å². The number of benzene rings is 2. The van der Waals surface area contributed by atoms with Crippen LogP contribution in [0.3, 0.4) is 0 Å². The fourth-order valence-corrected chi connectivity index (χ4v) is 3.25. The second-order valence-electron chi connectivity index (χ2n) is 6.86. The number of amides is 2. The summed E-state index contributed by atoms with van der Waals surface area (Å²) in [6, 6.07) is 13.1. The zero-order valence-electron chi connectivity index (χ0n) is 15.6. The van der Waals surface area contributed by atoms with E-state index in [1.165, 1.54) is 0 Å². The molecule has 0 saturated heterocycles. The van der Waals surface area contributed by atoms with E-state index in [0.29, 0.717) is 42.6 Å². The summed E-state index contributed by atoms with van der Waals surface area (Å²) < 4.78 is 16.9. The first-order valence-corrected chi connectivity index (χ1v) is 9.29. The minimum Gasteiger partial charge on any atom is -0.486 e. The molecule has 0 bridgehead atoms. The molecule has 0 radical (unpaired) electrons. The van der Waals surface area contributed by atoms with Crippen LogP contribution < -0.4 is 24.4 Å². The number of nitrogens with one attached hydrogen (secondary N) is 1. The molecule has 146 valence electrons. The lowest BCUT2D eigenvalue weighted by atomic mass is 10.1. The van der Waals surface area contributed by atoms with Gasteiger partial charge in [0.25, 0.3) is 5.91 Å². The van der Waals surface area contributed by atoms with E-state index >= 15 is 0 Å². The van der Waals surface area contributed by atoms with Gasteiger partial charge in [-0.05, 0) is 36.8 Å². The molecule has 4 rings (SSSR count). The van der Waals surface area contributed by atoms with Gasteiger partial charge >= 0.3 is 0 Å². The SMILES string of the molecule is Cc1ccc2c(c1)N(CCC(=O)NC[C@@H]1COc3ccccc3O1)C(=O)CO2. The molecule has 2 heterocycles. The van der Waals surface area contributed by atoms with E-state index in [1.807, 2.05) is 49.4 Å². The van der Waals surface area contributed by atoms with Crippen molar-refractivity contribution in [2.45, 2.75) is 19.4 Å². The number of carbonyl (C=O) groups excluding carboxylic acids is 2. The lowest BCUT2D eigenvalue weighted by molar-refractivity contribution is -0.122. The van der Waals surface area contributed by atoms with Crippen molar-refractivity contribution in [3.05, 3.63) is 48.0 Å². The standard InChI is InChI=1S/C21H22N2O5/c1-14-6-7-17-16(10-14)23(21(25)13-27-17)9-8-20(24)22-11-15-12-26-18-4-2-3-5-19(18)28-15/h2-7,10,15H,8-9,11-13H2,1H3,(H,22,24)/t15-/m1/s1. The van der Waals surface area contributed by atoms with E-state index in [-0.39, 0.29) is 30.9 Å². The Morgan fingerprint density at radius 1 is 1.14 bits per heavy atom. The van der Waals surface area contributed by atoms with Gasteiger partial charge in [0, 0.05) is 13.0 Å². The van der Waals surface area contributed by atoms with Gasteiger partial charge in [-0.1, -0.05) is 18.2 Å². The highest BCUT2D eigenvalue weighted by Crippen LogP contribution is 2.33. The lowest BCUT2D eigenvalue weighted by Gasteiger charge is -2.29. The number of ether oxygens (including phenoxy) is 3. The fraction of sp³-hybridized carbons (Fsp3) is 0.333. The molecule has 0 unspecified atom stereocenters. The molecular weight excluding hydrogens is 360 g/mol. The Hall–Kier alpha value is -3.22. The Labute approximate surface area is 163 Å². The van der Waals surface area contributed by atoms with Gasteiger partial charge in [-0.15, -0.1) is 0 Å². The van der Waals surface area contributed by atoms with Gasteiger partial charge in [0.1, 0.15) is 18.5 Å². The average molecular weight is 382 g/mol. The summed E-state index contributed by atoms with van der Waals surface area (Å²) in [4.78, 5) is 26.1. The minimum atomic E-state index is -0.243. The van der Waals surface area contributed by atoms with E-state index in [1.54, 1.807) is 4.90 Å². The first kappa shape index (κ1) is 18.2. The summed E-state index contributed by atoms with van der Waals surface area (Å²) in [7, 11) is 0. The number of carbonyl (C=O) groups is 2. The minimum absolute atomic E-state index is 0.00958. The maximum atomic E-state index is 12.3. The molecular formula is C21H22N2O5. The van der Waals surface area contributed by atoms with E-state index < -0.39 is 0 Å². The number of hydrogen-bond donors (Lipinski definition) is 1. The Morgan fingerprint density at radius 3 is 2.82 bits per heavy atom. The molecule has 2 aromatic carbocycles. The summed E-state index contributed by atoms with van der Waals surface area (Å²) in [5.74, 6) is 1.77. The molecule has 7 nitrogen and oxygen atoms in total. The molecule has 7 heteroatoms. The summed E-state index contributed by atoms with van der Waals surface area (Å²) in [6.45, 7) is 2.97. The topological polar surface area (TPSA) is 77.1 Å². The van der Waals surface area contributed by atoms with Crippen LogP contribution in [0.2, 0.25) is 0 Å². The summed E-state index contributed by atoms with van der Waals surface area (Å²) in [5, 5.41) is 2.86. The summed E-state index contributed by atoms with van der Waals surface area (Å²) >= 11 is 0. The highest BCUT2D eigenvalue weighted by atomic mass is 16.6. The van der Waals surface area contributed by atoms with Crippen LogP contribution in [-0.4, -0.2) is 44.2 Å². The predicted molar refractivity (Wildman–Crippen MR) is 103 cm³/mol. The largest absolute Gasteiger partial charge is 0.486 e. The second kappa shape index (κ2) is 7.80. The zero-order valence-corrected chi connectivity index (χ0v) is 15.6. The summed E-state index contributed by atoms with van der Waals surface area (Å²) in [5.41, 5.74) is 1.74. The molecule has 1 atom stereocenters. The molecule has 28 heavy (non-hydrogen) atoms. The van der Waals surface area contributed by atoms with Crippen LogP contribution in [0.1, 0.15) is 12.0 Å². The number of anilines is 1. The van der Waals surface area contributed by atoms with Gasteiger partial charge < -0.3 is 24.4 Å². The van der Waals surface area contributed by atoms with Crippen molar-refractivity contribution in [2.24, 2.45) is 0 Å². The van der Waals surface area contributed by atoms with Gasteiger partial charge in [0.15, 0.2) is 18.1 Å². The Kier molecular flexibility index (Phi) is 5.06. The van der Waals surface area contributed by atoms with Crippen molar-refractivity contribution >= 4 is 17.5 Å². The molecule has 2 aliphatic heterocycles. The normalized spacial score (nSPS) is 17.5. The van der Waals surface area contributed by atoms with E-state index in [9.17, 15) is 9.59 Å². The fourth-order valence-electron chi connectivity index (χ4n) is 3.25. The molecule has 2 aliphatic rings. The molecule has 0 aromatic heterocycles. The molecule has 0 aliphatic carbocycles. The zero-order chi connectivity index (χ0) is 19.5. The second-order valence-corrected chi connectivity index (χ2v) is 6.86. The van der Waals surface area contributed by atoms with Gasteiger partial charge in [-0.2, -0.15) is 0 Å². The van der Waals surface area contributed by atoms with Gasteiger partial charge in [0.05, 0.1) is 12.2 Å². The summed E-state index contributed by atoms with van der Waals surface area (Å²) in [6.07, 6.45) is -0.0456. The lowest BCUT2D eigenvalue weighted by Crippen LogP contribution is -2.43. The number of rotatable bonds is 5. The van der Waals surface area contributed by atoms with Gasteiger partial charge in [0.2, 0.25) is 5.91 Å². The van der Waals surface area contributed by atoms with Crippen molar-refractivity contribution in [3.8, 4) is 17.2 Å². The van der Waals surface area contributed by atoms with Crippen molar-refractivity contribution in [1.82, 2.24) is 5.32 Å². The van der Waals surface area contributed by atoms with Gasteiger partial charge in [-0.3, -0.25) is 9.59 Å². The highest BCUT2D eigenvalue weighted by Gasteiger charge is 2.26. The molecule has 2 amide bonds. The predicted octanol–water partition coefficient (Wildman–Crippen LogP) is 2.07. The molecule has 0 spiro atoms. The number of fused-ring (bicyclic) bond motifs is 2. The molecule has 0 saturated carbocycles. The number of aryl methyl sites for hydroxylation is 1. The van der Waals surface area contributed by atoms with Crippen LogP contribution >= 0.6 is 0 Å². The monoisotopic (exact) mass is 382 g/mol. The number of nitrogens with zero attached hydrogens (tertiary/aromatic N) is 1. The third-order valence-electron chi connectivity index (χ3n) is 4.71. The Bertz CT molecular complexity index is 898.